The Hall–Kier alpha value is -1.62. The van der Waals surface area contributed by atoms with Crippen LogP contribution in [0.3, 0.4) is 0 Å². The highest BCUT2D eigenvalue weighted by Crippen LogP contribution is 2.40. The molecule has 1 atom stereocenters. The minimum absolute atomic E-state index is 0.0763. The minimum Gasteiger partial charge on any atom is -0.478 e. The van der Waals surface area contributed by atoms with Gasteiger partial charge in [-0.05, 0) is 50.0 Å². The molecule has 1 saturated carbocycles. The van der Waals surface area contributed by atoms with Gasteiger partial charge >= 0.3 is 0 Å². The summed E-state index contributed by atoms with van der Waals surface area (Å²) in [7, 11) is 0. The van der Waals surface area contributed by atoms with Gasteiger partial charge in [0.2, 0.25) is 11.8 Å². The lowest BCUT2D eigenvalue weighted by molar-refractivity contribution is -0.189. The molecule has 1 aromatic heterocycles. The Kier molecular flexibility index (Phi) is 4.44. The predicted molar refractivity (Wildman–Crippen MR) is 89.7 cm³/mol. The van der Waals surface area contributed by atoms with Gasteiger partial charge in [0.15, 0.2) is 0 Å². The first-order chi connectivity index (χ1) is 11.7. The Morgan fingerprint density at radius 1 is 1.29 bits per heavy atom. The Morgan fingerprint density at radius 3 is 2.92 bits per heavy atom. The standard InChI is InChI=1S/C19H26N2O3/c22-18(11-15-4-5-15)21-13-19(14-21)12-16(7-10-24-19)6-9-23-17-3-1-2-8-20-17/h1-3,8,15-16H,4-7,9-14H2/t16-/m1/s1. The van der Waals surface area contributed by atoms with Gasteiger partial charge in [0, 0.05) is 25.3 Å². The van der Waals surface area contributed by atoms with Crippen molar-refractivity contribution in [2.75, 3.05) is 26.3 Å². The molecule has 24 heavy (non-hydrogen) atoms. The van der Waals surface area contributed by atoms with Crippen LogP contribution in [0.4, 0.5) is 0 Å². The van der Waals surface area contributed by atoms with E-state index in [1.807, 2.05) is 23.1 Å². The summed E-state index contributed by atoms with van der Waals surface area (Å²) in [5, 5.41) is 0. The summed E-state index contributed by atoms with van der Waals surface area (Å²) in [6.45, 7) is 3.08. The zero-order chi connectivity index (χ0) is 16.4. The van der Waals surface area contributed by atoms with Crippen molar-refractivity contribution in [3.63, 3.8) is 0 Å². The quantitative estimate of drug-likeness (QED) is 0.805. The fourth-order valence-corrected chi connectivity index (χ4v) is 3.88. The highest BCUT2D eigenvalue weighted by Gasteiger charge is 2.49. The molecule has 2 aliphatic heterocycles. The monoisotopic (exact) mass is 330 g/mol. The molecule has 2 saturated heterocycles. The van der Waals surface area contributed by atoms with E-state index in [1.165, 1.54) is 12.8 Å². The number of ether oxygens (including phenoxy) is 2. The van der Waals surface area contributed by atoms with Gasteiger partial charge in [0.05, 0.1) is 19.7 Å². The lowest BCUT2D eigenvalue weighted by atomic mass is 9.79. The Morgan fingerprint density at radius 2 is 2.17 bits per heavy atom. The number of hydrogen-bond donors (Lipinski definition) is 0. The van der Waals surface area contributed by atoms with Crippen molar-refractivity contribution in [1.29, 1.82) is 0 Å². The van der Waals surface area contributed by atoms with E-state index < -0.39 is 0 Å². The van der Waals surface area contributed by atoms with Gasteiger partial charge in [0.1, 0.15) is 5.60 Å². The van der Waals surface area contributed by atoms with Gasteiger partial charge in [-0.25, -0.2) is 4.98 Å². The molecule has 1 amide bonds. The summed E-state index contributed by atoms with van der Waals surface area (Å²) in [5.41, 5.74) is -0.0763. The summed E-state index contributed by atoms with van der Waals surface area (Å²) < 4.78 is 11.8. The molecule has 3 fully saturated rings. The van der Waals surface area contributed by atoms with Crippen LogP contribution in [0.2, 0.25) is 0 Å². The maximum absolute atomic E-state index is 12.2. The number of hydrogen-bond acceptors (Lipinski definition) is 4. The summed E-state index contributed by atoms with van der Waals surface area (Å²) in [5.74, 6) is 2.30. The smallest absolute Gasteiger partial charge is 0.223 e. The third-order valence-corrected chi connectivity index (χ3v) is 5.48. The maximum Gasteiger partial charge on any atom is 0.223 e. The summed E-state index contributed by atoms with van der Waals surface area (Å²) in [6.07, 6.45) is 8.13. The maximum atomic E-state index is 12.2. The minimum atomic E-state index is -0.0763. The van der Waals surface area contributed by atoms with Crippen molar-refractivity contribution in [1.82, 2.24) is 9.88 Å². The van der Waals surface area contributed by atoms with Crippen LogP contribution in [-0.2, 0) is 9.53 Å². The van der Waals surface area contributed by atoms with E-state index in [1.54, 1.807) is 6.20 Å². The molecular weight excluding hydrogens is 304 g/mol. The van der Waals surface area contributed by atoms with Gasteiger partial charge < -0.3 is 14.4 Å². The lowest BCUT2D eigenvalue weighted by Gasteiger charge is -2.53. The molecule has 5 heteroatoms. The number of pyridine rings is 1. The van der Waals surface area contributed by atoms with Crippen molar-refractivity contribution in [2.24, 2.45) is 11.8 Å². The Bertz CT molecular complexity index is 567. The molecule has 1 aromatic rings. The van der Waals surface area contributed by atoms with Crippen molar-refractivity contribution in [2.45, 2.75) is 44.1 Å². The number of nitrogens with zero attached hydrogens (tertiary/aromatic N) is 2. The van der Waals surface area contributed by atoms with Crippen LogP contribution >= 0.6 is 0 Å². The van der Waals surface area contributed by atoms with Gasteiger partial charge in [0.25, 0.3) is 0 Å². The zero-order valence-corrected chi connectivity index (χ0v) is 14.2. The van der Waals surface area contributed by atoms with Crippen LogP contribution < -0.4 is 4.74 Å². The number of amides is 1. The topological polar surface area (TPSA) is 51.7 Å². The lowest BCUT2D eigenvalue weighted by Crippen LogP contribution is -2.66. The molecule has 5 nitrogen and oxygen atoms in total. The highest BCUT2D eigenvalue weighted by atomic mass is 16.5. The van der Waals surface area contributed by atoms with E-state index in [9.17, 15) is 4.79 Å². The van der Waals surface area contributed by atoms with E-state index in [-0.39, 0.29) is 5.60 Å². The fourth-order valence-electron chi connectivity index (χ4n) is 3.88. The molecule has 1 spiro atoms. The molecule has 3 aliphatic rings. The number of likely N-dealkylation sites (tertiary alicyclic amines) is 1. The van der Waals surface area contributed by atoms with Crippen molar-refractivity contribution < 1.29 is 14.3 Å². The zero-order valence-electron chi connectivity index (χ0n) is 14.2. The Balaban J connectivity index is 1.21. The van der Waals surface area contributed by atoms with Crippen molar-refractivity contribution in [3.05, 3.63) is 24.4 Å². The third-order valence-electron chi connectivity index (χ3n) is 5.48. The summed E-state index contributed by atoms with van der Waals surface area (Å²) in [4.78, 5) is 18.3. The van der Waals surface area contributed by atoms with Gasteiger partial charge in [-0.2, -0.15) is 0 Å². The highest BCUT2D eigenvalue weighted by molar-refractivity contribution is 5.78. The SMILES string of the molecule is O=C(CC1CC1)N1CC2(C[C@H](CCOc3ccccn3)CCO2)C1. The van der Waals surface area contributed by atoms with Crippen LogP contribution in [-0.4, -0.2) is 47.7 Å². The van der Waals surface area contributed by atoms with Gasteiger partial charge in [-0.15, -0.1) is 0 Å². The van der Waals surface area contributed by atoms with Crippen LogP contribution in [0, 0.1) is 11.8 Å². The van der Waals surface area contributed by atoms with Crippen molar-refractivity contribution in [3.8, 4) is 5.88 Å². The molecule has 0 bridgehead atoms. The average molecular weight is 330 g/mol. The second kappa shape index (κ2) is 6.71. The molecule has 0 N–H and O–H groups in total. The van der Waals surface area contributed by atoms with E-state index in [2.05, 4.69) is 4.98 Å². The first-order valence-corrected chi connectivity index (χ1v) is 9.18. The molecule has 1 aliphatic carbocycles. The molecule has 3 heterocycles. The molecule has 0 radical (unpaired) electrons. The van der Waals surface area contributed by atoms with Crippen LogP contribution in [0.5, 0.6) is 5.88 Å². The number of carbonyl (C=O) groups excluding carboxylic acids is 1. The number of carbonyl (C=O) groups is 1. The van der Waals surface area contributed by atoms with E-state index in [0.717, 1.165) is 45.4 Å². The first kappa shape index (κ1) is 15.9. The van der Waals surface area contributed by atoms with E-state index in [0.29, 0.717) is 30.2 Å². The molecule has 0 aromatic carbocycles. The molecule has 4 rings (SSSR count). The third kappa shape index (κ3) is 3.72. The van der Waals surface area contributed by atoms with Crippen molar-refractivity contribution >= 4 is 5.91 Å². The predicted octanol–water partition coefficient (Wildman–Crippen LogP) is 2.66. The molecule has 0 unspecified atom stereocenters. The summed E-state index contributed by atoms with van der Waals surface area (Å²) >= 11 is 0. The van der Waals surface area contributed by atoms with Gasteiger partial charge in [-0.1, -0.05) is 6.07 Å². The molecular formula is C19H26N2O3. The normalized spacial score (nSPS) is 25.3. The average Bonchev–Trinajstić information content (AvgIpc) is 3.38. The number of aromatic nitrogens is 1. The second-order valence-electron chi connectivity index (χ2n) is 7.59. The van der Waals surface area contributed by atoms with Crippen LogP contribution in [0.15, 0.2) is 24.4 Å². The van der Waals surface area contributed by atoms with Crippen LogP contribution in [0.25, 0.3) is 0 Å². The summed E-state index contributed by atoms with van der Waals surface area (Å²) in [6, 6.07) is 5.72. The number of rotatable bonds is 6. The van der Waals surface area contributed by atoms with Gasteiger partial charge in [-0.3, -0.25) is 4.79 Å². The van der Waals surface area contributed by atoms with E-state index >= 15 is 0 Å². The van der Waals surface area contributed by atoms with Crippen LogP contribution in [0.1, 0.15) is 38.5 Å². The van der Waals surface area contributed by atoms with E-state index in [4.69, 9.17) is 9.47 Å². The largest absolute Gasteiger partial charge is 0.478 e. The second-order valence-corrected chi connectivity index (χ2v) is 7.59. The fraction of sp³-hybridized carbons (Fsp3) is 0.684. The molecule has 130 valence electrons. The first-order valence-electron chi connectivity index (χ1n) is 9.18. The Labute approximate surface area is 143 Å².